The van der Waals surface area contributed by atoms with Crippen molar-refractivity contribution in [3.63, 3.8) is 0 Å². The molecule has 7 heteroatoms. The van der Waals surface area contributed by atoms with E-state index < -0.39 is 8.80 Å². The standard InChI is InChI=1S/C14H26N2O3Si.ClH/c1-5-14(16-13-9-11-15-12-10-13)20(17-6-2,18-7-3)19-8-4;/h9-12,14H,5-8H2,1-4H3,(H,15,16);1H. The highest BCUT2D eigenvalue weighted by Crippen LogP contribution is 2.21. The van der Waals surface area contributed by atoms with Gasteiger partial charge in [0.05, 0.1) is 5.67 Å². The number of nitrogens with one attached hydrogen (secondary N) is 1. The Morgan fingerprint density at radius 3 is 1.86 bits per heavy atom. The van der Waals surface area contributed by atoms with Crippen molar-refractivity contribution in [1.82, 2.24) is 4.98 Å². The number of rotatable bonds is 10. The first kappa shape index (κ1) is 20.3. The van der Waals surface area contributed by atoms with Crippen LogP contribution in [0.1, 0.15) is 34.1 Å². The average Bonchev–Trinajstić information content (AvgIpc) is 2.46. The van der Waals surface area contributed by atoms with Crippen molar-refractivity contribution < 1.29 is 13.3 Å². The predicted octanol–water partition coefficient (Wildman–Crippen LogP) is 3.28. The van der Waals surface area contributed by atoms with Crippen molar-refractivity contribution in [1.29, 1.82) is 0 Å². The van der Waals surface area contributed by atoms with E-state index in [9.17, 15) is 0 Å². The molecule has 122 valence electrons. The molecule has 0 radical (unpaired) electrons. The van der Waals surface area contributed by atoms with Gasteiger partial charge in [-0.15, -0.1) is 12.4 Å². The van der Waals surface area contributed by atoms with Gasteiger partial charge < -0.3 is 18.6 Å². The van der Waals surface area contributed by atoms with E-state index in [-0.39, 0.29) is 18.1 Å². The second-order valence-corrected chi connectivity index (χ2v) is 7.01. The van der Waals surface area contributed by atoms with Crippen LogP contribution < -0.4 is 5.32 Å². The molecule has 0 saturated carbocycles. The molecule has 0 aliphatic carbocycles. The zero-order valence-electron chi connectivity index (χ0n) is 13.3. The zero-order valence-corrected chi connectivity index (χ0v) is 15.1. The molecule has 1 heterocycles. The van der Waals surface area contributed by atoms with E-state index in [2.05, 4.69) is 17.2 Å². The summed E-state index contributed by atoms with van der Waals surface area (Å²) in [4.78, 5) is 4.03. The third-order valence-electron chi connectivity index (χ3n) is 2.89. The molecule has 1 rings (SSSR count). The third kappa shape index (κ3) is 5.92. The Hall–Kier alpha value is -0.663. The molecule has 0 aliphatic heterocycles. The van der Waals surface area contributed by atoms with Crippen LogP contribution in [-0.2, 0) is 13.3 Å². The Balaban J connectivity index is 0.00000400. The van der Waals surface area contributed by atoms with Crippen LogP contribution in [0.15, 0.2) is 24.5 Å². The quantitative estimate of drug-likeness (QED) is 0.665. The highest BCUT2D eigenvalue weighted by atomic mass is 35.5. The fraction of sp³-hybridized carbons (Fsp3) is 0.643. The summed E-state index contributed by atoms with van der Waals surface area (Å²) in [6.45, 7) is 9.77. The summed E-state index contributed by atoms with van der Waals surface area (Å²) in [5.74, 6) is 0. The van der Waals surface area contributed by atoms with Crippen molar-refractivity contribution in [3.8, 4) is 0 Å². The van der Waals surface area contributed by atoms with Crippen molar-refractivity contribution in [3.05, 3.63) is 24.5 Å². The number of pyridine rings is 1. The predicted molar refractivity (Wildman–Crippen MR) is 89.8 cm³/mol. The molecule has 1 N–H and O–H groups in total. The maximum atomic E-state index is 5.95. The molecule has 1 atom stereocenters. The van der Waals surface area contributed by atoms with Gasteiger partial charge in [0.2, 0.25) is 0 Å². The van der Waals surface area contributed by atoms with Crippen LogP contribution in [0.2, 0.25) is 0 Å². The van der Waals surface area contributed by atoms with Crippen molar-refractivity contribution in [2.75, 3.05) is 25.1 Å². The molecule has 1 aromatic heterocycles. The molecule has 0 aromatic carbocycles. The van der Waals surface area contributed by atoms with E-state index in [0.29, 0.717) is 19.8 Å². The molecule has 0 bridgehead atoms. The van der Waals surface area contributed by atoms with Crippen molar-refractivity contribution in [2.24, 2.45) is 0 Å². The molecule has 0 amide bonds. The van der Waals surface area contributed by atoms with Gasteiger partial charge in [0.1, 0.15) is 0 Å². The molecule has 1 unspecified atom stereocenters. The lowest BCUT2D eigenvalue weighted by Gasteiger charge is -2.35. The third-order valence-corrected chi connectivity index (χ3v) is 6.37. The van der Waals surface area contributed by atoms with Crippen LogP contribution in [0.25, 0.3) is 0 Å². The highest BCUT2D eigenvalue weighted by molar-refractivity contribution is 6.63. The van der Waals surface area contributed by atoms with E-state index in [1.165, 1.54) is 0 Å². The second kappa shape index (κ2) is 11.0. The minimum absolute atomic E-state index is 0. The number of nitrogens with zero attached hydrogens (tertiary/aromatic N) is 1. The lowest BCUT2D eigenvalue weighted by atomic mass is 10.4. The fourth-order valence-electron chi connectivity index (χ4n) is 2.12. The monoisotopic (exact) mass is 334 g/mol. The number of hydrogen-bond donors (Lipinski definition) is 1. The summed E-state index contributed by atoms with van der Waals surface area (Å²) in [5, 5.41) is 3.47. The van der Waals surface area contributed by atoms with Crippen molar-refractivity contribution >= 4 is 26.9 Å². The fourth-order valence-corrected chi connectivity index (χ4v) is 5.02. The van der Waals surface area contributed by atoms with Crippen LogP contribution in [0.3, 0.4) is 0 Å². The summed E-state index contributed by atoms with van der Waals surface area (Å²) < 4.78 is 17.9. The molecular formula is C14H27ClN2O3Si. The molecule has 0 saturated heterocycles. The first-order chi connectivity index (χ1) is 9.72. The Bertz CT molecular complexity index is 353. The topological polar surface area (TPSA) is 52.6 Å². The van der Waals surface area contributed by atoms with E-state index in [4.69, 9.17) is 13.3 Å². The molecule has 0 aliphatic rings. The van der Waals surface area contributed by atoms with Gasteiger partial charge in [-0.05, 0) is 39.3 Å². The number of aromatic nitrogens is 1. The Morgan fingerprint density at radius 2 is 1.48 bits per heavy atom. The van der Waals surface area contributed by atoms with Gasteiger partial charge >= 0.3 is 8.80 Å². The Kier molecular flexibility index (Phi) is 10.6. The van der Waals surface area contributed by atoms with Gasteiger partial charge in [-0.1, -0.05) is 6.92 Å². The highest BCUT2D eigenvalue weighted by Gasteiger charge is 2.48. The minimum Gasteiger partial charge on any atom is -0.378 e. The van der Waals surface area contributed by atoms with E-state index in [0.717, 1.165) is 12.1 Å². The van der Waals surface area contributed by atoms with Gasteiger partial charge in [-0.25, -0.2) is 0 Å². The second-order valence-electron chi connectivity index (χ2n) is 4.24. The summed E-state index contributed by atoms with van der Waals surface area (Å²) in [6, 6.07) is 3.87. The van der Waals surface area contributed by atoms with Crippen molar-refractivity contribution in [2.45, 2.75) is 39.8 Å². The van der Waals surface area contributed by atoms with E-state index in [1.54, 1.807) is 12.4 Å². The first-order valence-corrected chi connectivity index (χ1v) is 9.10. The lowest BCUT2D eigenvalue weighted by Crippen LogP contribution is -2.59. The smallest absolute Gasteiger partial charge is 0.378 e. The van der Waals surface area contributed by atoms with E-state index >= 15 is 0 Å². The summed E-state index contributed by atoms with van der Waals surface area (Å²) in [7, 11) is -2.74. The van der Waals surface area contributed by atoms with Gasteiger partial charge in [-0.3, -0.25) is 4.98 Å². The maximum Gasteiger partial charge on any atom is 0.524 e. The van der Waals surface area contributed by atoms with Crippen LogP contribution in [-0.4, -0.2) is 39.3 Å². The van der Waals surface area contributed by atoms with Crippen LogP contribution in [0, 0.1) is 0 Å². The number of anilines is 1. The Labute approximate surface area is 135 Å². The molecular weight excluding hydrogens is 308 g/mol. The number of halogens is 1. The van der Waals surface area contributed by atoms with Crippen LogP contribution in [0.4, 0.5) is 5.69 Å². The van der Waals surface area contributed by atoms with Gasteiger partial charge in [-0.2, -0.15) is 0 Å². The molecule has 1 aromatic rings. The SMILES string of the molecule is CCO[Si](OCC)(OCC)C(CC)Nc1ccncc1.Cl. The lowest BCUT2D eigenvalue weighted by molar-refractivity contribution is 0.0639. The zero-order chi connectivity index (χ0) is 14.8. The van der Waals surface area contributed by atoms with Crippen LogP contribution in [0.5, 0.6) is 0 Å². The van der Waals surface area contributed by atoms with Gasteiger partial charge in [0.15, 0.2) is 0 Å². The Morgan fingerprint density at radius 1 is 1.00 bits per heavy atom. The van der Waals surface area contributed by atoms with Gasteiger partial charge in [0.25, 0.3) is 0 Å². The van der Waals surface area contributed by atoms with Crippen LogP contribution >= 0.6 is 12.4 Å². The molecule has 0 spiro atoms. The summed E-state index contributed by atoms with van der Waals surface area (Å²) in [6.07, 6.45) is 4.40. The summed E-state index contributed by atoms with van der Waals surface area (Å²) >= 11 is 0. The van der Waals surface area contributed by atoms with E-state index in [1.807, 2.05) is 32.9 Å². The molecule has 0 fully saturated rings. The summed E-state index contributed by atoms with van der Waals surface area (Å²) in [5.41, 5.74) is 1.03. The normalized spacial score (nSPS) is 12.6. The number of hydrogen-bond acceptors (Lipinski definition) is 5. The van der Waals surface area contributed by atoms with Gasteiger partial charge in [0, 0.05) is 37.9 Å². The maximum absolute atomic E-state index is 5.95. The average molecular weight is 335 g/mol. The molecule has 5 nitrogen and oxygen atoms in total. The largest absolute Gasteiger partial charge is 0.524 e. The minimum atomic E-state index is -2.74. The first-order valence-electron chi connectivity index (χ1n) is 7.30. The molecule has 21 heavy (non-hydrogen) atoms.